The Morgan fingerprint density at radius 1 is 1.25 bits per heavy atom. The number of hydrogen-bond donors (Lipinski definition) is 2. The average Bonchev–Trinajstić information content (AvgIpc) is 3.10. The molecule has 1 atom stereocenters. The van der Waals surface area contributed by atoms with Gasteiger partial charge in [0, 0.05) is 51.6 Å². The lowest BCUT2D eigenvalue weighted by atomic mass is 9.95. The molecular formula is C19H30N4O. The Balaban J connectivity index is 1.53. The topological polar surface area (TPSA) is 39.8 Å². The van der Waals surface area contributed by atoms with Gasteiger partial charge in [-0.2, -0.15) is 0 Å². The van der Waals surface area contributed by atoms with Gasteiger partial charge < -0.3 is 20.3 Å². The van der Waals surface area contributed by atoms with E-state index in [1.54, 1.807) is 0 Å². The van der Waals surface area contributed by atoms with E-state index in [9.17, 15) is 0 Å². The Morgan fingerprint density at radius 2 is 2.12 bits per heavy atom. The molecule has 3 heterocycles. The quantitative estimate of drug-likeness (QED) is 0.870. The van der Waals surface area contributed by atoms with Crippen LogP contribution in [0.4, 0.5) is 5.69 Å². The molecule has 0 aromatic heterocycles. The standard InChI is InChI=1S/C19H30N4O/c1-22-5-7-23(8-6-22)13-15-10-16-2-4-20-12-18(16)19(11-15)21-17-3-9-24-14-17/h10-11,17,20-21H,2-9,12-14H2,1H3/t17-/m0/s1. The monoisotopic (exact) mass is 330 g/mol. The number of hydrogen-bond acceptors (Lipinski definition) is 5. The van der Waals surface area contributed by atoms with Crippen LogP contribution in [0, 0.1) is 0 Å². The molecule has 1 aromatic rings. The lowest BCUT2D eigenvalue weighted by molar-refractivity contribution is 0.148. The second-order valence-corrected chi connectivity index (χ2v) is 7.49. The summed E-state index contributed by atoms with van der Waals surface area (Å²) in [6.45, 7) is 9.59. The molecule has 0 spiro atoms. The molecule has 0 unspecified atom stereocenters. The Bertz CT molecular complexity index is 563. The lowest BCUT2D eigenvalue weighted by Gasteiger charge is -2.33. The normalized spacial score (nSPS) is 25.6. The third kappa shape index (κ3) is 3.75. The third-order valence-electron chi connectivity index (χ3n) is 5.57. The van der Waals surface area contributed by atoms with Crippen molar-refractivity contribution in [2.45, 2.75) is 32.0 Å². The Labute approximate surface area is 145 Å². The maximum atomic E-state index is 5.54. The molecule has 5 heteroatoms. The van der Waals surface area contributed by atoms with Crippen LogP contribution in [0.2, 0.25) is 0 Å². The average molecular weight is 330 g/mol. The second kappa shape index (κ2) is 7.40. The number of fused-ring (bicyclic) bond motifs is 1. The molecule has 2 N–H and O–H groups in total. The van der Waals surface area contributed by atoms with E-state index in [-0.39, 0.29) is 0 Å². The predicted octanol–water partition coefficient (Wildman–Crippen LogP) is 1.28. The van der Waals surface area contributed by atoms with E-state index in [4.69, 9.17) is 4.74 Å². The summed E-state index contributed by atoms with van der Waals surface area (Å²) >= 11 is 0. The number of ether oxygens (including phenoxy) is 1. The highest BCUT2D eigenvalue weighted by molar-refractivity contribution is 5.58. The van der Waals surface area contributed by atoms with Gasteiger partial charge in [-0.3, -0.25) is 4.90 Å². The molecule has 4 rings (SSSR count). The molecule has 0 amide bonds. The molecule has 24 heavy (non-hydrogen) atoms. The zero-order valence-corrected chi connectivity index (χ0v) is 14.8. The molecule has 132 valence electrons. The number of likely N-dealkylation sites (N-methyl/N-ethyl adjacent to an activating group) is 1. The molecule has 1 aromatic carbocycles. The highest BCUT2D eigenvalue weighted by atomic mass is 16.5. The van der Waals surface area contributed by atoms with Gasteiger partial charge in [0.15, 0.2) is 0 Å². The maximum absolute atomic E-state index is 5.54. The van der Waals surface area contributed by atoms with Gasteiger partial charge in [0.1, 0.15) is 0 Å². The van der Waals surface area contributed by atoms with E-state index < -0.39 is 0 Å². The van der Waals surface area contributed by atoms with Gasteiger partial charge in [0.2, 0.25) is 0 Å². The minimum Gasteiger partial charge on any atom is -0.380 e. The van der Waals surface area contributed by atoms with Crippen LogP contribution in [0.1, 0.15) is 23.1 Å². The van der Waals surface area contributed by atoms with Crippen LogP contribution in [0.5, 0.6) is 0 Å². The fourth-order valence-electron chi connectivity index (χ4n) is 4.02. The maximum Gasteiger partial charge on any atom is 0.0668 e. The zero-order chi connectivity index (χ0) is 16.4. The summed E-state index contributed by atoms with van der Waals surface area (Å²) in [5.41, 5.74) is 5.79. The van der Waals surface area contributed by atoms with Crippen molar-refractivity contribution >= 4 is 5.69 Å². The Morgan fingerprint density at radius 3 is 2.92 bits per heavy atom. The first-order chi connectivity index (χ1) is 11.8. The van der Waals surface area contributed by atoms with E-state index in [0.29, 0.717) is 6.04 Å². The fourth-order valence-corrected chi connectivity index (χ4v) is 4.02. The molecule has 5 nitrogen and oxygen atoms in total. The number of nitrogens with one attached hydrogen (secondary N) is 2. The SMILES string of the molecule is CN1CCN(Cc2cc3c(c(N[C@H]4CCOC4)c2)CNCC3)CC1. The van der Waals surface area contributed by atoms with Crippen molar-refractivity contribution in [2.75, 3.05) is 58.3 Å². The Hall–Kier alpha value is -1.14. The van der Waals surface area contributed by atoms with Gasteiger partial charge in [-0.1, -0.05) is 6.07 Å². The first-order valence-corrected chi connectivity index (χ1v) is 9.38. The van der Waals surface area contributed by atoms with Gasteiger partial charge in [0.05, 0.1) is 12.6 Å². The summed E-state index contributed by atoms with van der Waals surface area (Å²) < 4.78 is 5.54. The zero-order valence-electron chi connectivity index (χ0n) is 14.8. The van der Waals surface area contributed by atoms with Gasteiger partial charge in [-0.25, -0.2) is 0 Å². The Kier molecular flexibility index (Phi) is 5.03. The van der Waals surface area contributed by atoms with Crippen LogP contribution < -0.4 is 10.6 Å². The van der Waals surface area contributed by atoms with Crippen molar-refractivity contribution in [3.05, 3.63) is 28.8 Å². The summed E-state index contributed by atoms with van der Waals surface area (Å²) in [6, 6.07) is 5.31. The van der Waals surface area contributed by atoms with Crippen LogP contribution >= 0.6 is 0 Å². The van der Waals surface area contributed by atoms with Gasteiger partial charge in [-0.15, -0.1) is 0 Å². The molecule has 0 aliphatic carbocycles. The van der Waals surface area contributed by atoms with E-state index >= 15 is 0 Å². The van der Waals surface area contributed by atoms with E-state index in [1.165, 1.54) is 48.6 Å². The van der Waals surface area contributed by atoms with Crippen LogP contribution in [-0.2, 0) is 24.2 Å². The molecular weight excluding hydrogens is 300 g/mol. The van der Waals surface area contributed by atoms with Crippen LogP contribution in [-0.4, -0.2) is 68.8 Å². The summed E-state index contributed by atoms with van der Waals surface area (Å²) in [5.74, 6) is 0. The van der Waals surface area contributed by atoms with Gasteiger partial charge >= 0.3 is 0 Å². The fraction of sp³-hybridized carbons (Fsp3) is 0.684. The summed E-state index contributed by atoms with van der Waals surface area (Å²) in [7, 11) is 2.22. The van der Waals surface area contributed by atoms with Gasteiger partial charge in [0.25, 0.3) is 0 Å². The van der Waals surface area contributed by atoms with Gasteiger partial charge in [-0.05, 0) is 49.2 Å². The molecule has 0 radical (unpaired) electrons. The summed E-state index contributed by atoms with van der Waals surface area (Å²) in [4.78, 5) is 5.01. The second-order valence-electron chi connectivity index (χ2n) is 7.49. The highest BCUT2D eigenvalue weighted by Crippen LogP contribution is 2.28. The van der Waals surface area contributed by atoms with Crippen LogP contribution in [0.25, 0.3) is 0 Å². The first-order valence-electron chi connectivity index (χ1n) is 9.38. The summed E-state index contributed by atoms with van der Waals surface area (Å²) in [5, 5.41) is 7.29. The molecule has 0 saturated carbocycles. The van der Waals surface area contributed by atoms with E-state index in [2.05, 4.69) is 39.6 Å². The third-order valence-corrected chi connectivity index (χ3v) is 5.57. The first kappa shape index (κ1) is 16.3. The molecule has 2 fully saturated rings. The highest BCUT2D eigenvalue weighted by Gasteiger charge is 2.21. The molecule has 3 aliphatic rings. The van der Waals surface area contributed by atoms with Crippen molar-refractivity contribution in [1.82, 2.24) is 15.1 Å². The molecule has 0 bridgehead atoms. The van der Waals surface area contributed by atoms with Crippen LogP contribution in [0.3, 0.4) is 0 Å². The number of rotatable bonds is 4. The predicted molar refractivity (Wildman–Crippen MR) is 97.5 cm³/mol. The van der Waals surface area contributed by atoms with Crippen molar-refractivity contribution in [3.63, 3.8) is 0 Å². The van der Waals surface area contributed by atoms with Crippen molar-refractivity contribution in [2.24, 2.45) is 0 Å². The van der Waals surface area contributed by atoms with Crippen molar-refractivity contribution in [3.8, 4) is 0 Å². The van der Waals surface area contributed by atoms with Crippen LogP contribution in [0.15, 0.2) is 12.1 Å². The largest absolute Gasteiger partial charge is 0.380 e. The number of piperazine rings is 1. The van der Waals surface area contributed by atoms with Crippen molar-refractivity contribution in [1.29, 1.82) is 0 Å². The lowest BCUT2D eigenvalue weighted by Crippen LogP contribution is -2.43. The van der Waals surface area contributed by atoms with E-state index in [1.807, 2.05) is 0 Å². The number of anilines is 1. The summed E-state index contributed by atoms with van der Waals surface area (Å²) in [6.07, 6.45) is 2.26. The van der Waals surface area contributed by atoms with Crippen molar-refractivity contribution < 1.29 is 4.74 Å². The van der Waals surface area contributed by atoms with E-state index in [0.717, 1.165) is 45.7 Å². The molecule has 3 aliphatic heterocycles. The minimum atomic E-state index is 0.468. The molecule has 2 saturated heterocycles. The number of nitrogens with zero attached hydrogens (tertiary/aromatic N) is 2. The number of benzene rings is 1. The smallest absolute Gasteiger partial charge is 0.0668 e. The minimum absolute atomic E-state index is 0.468.